The van der Waals surface area contributed by atoms with E-state index in [2.05, 4.69) is 30.8 Å². The lowest BCUT2D eigenvalue weighted by atomic mass is 9.99. The summed E-state index contributed by atoms with van der Waals surface area (Å²) in [6, 6.07) is 16.8. The molecule has 0 saturated heterocycles. The van der Waals surface area contributed by atoms with Crippen molar-refractivity contribution in [2.24, 2.45) is 0 Å². The molecule has 5 rings (SSSR count). The maximum atomic E-state index is 13.0. The third-order valence-corrected chi connectivity index (χ3v) is 5.82. The van der Waals surface area contributed by atoms with Gasteiger partial charge in [0, 0.05) is 24.0 Å². The maximum absolute atomic E-state index is 13.0. The van der Waals surface area contributed by atoms with Crippen molar-refractivity contribution in [2.45, 2.75) is 25.7 Å². The number of nitrogens with zero attached hydrogens (tertiary/aromatic N) is 5. The summed E-state index contributed by atoms with van der Waals surface area (Å²) in [6.45, 7) is 1.62. The number of hydrogen-bond donors (Lipinski definition) is 3. The molecule has 0 saturated carbocycles. The third-order valence-electron chi connectivity index (χ3n) is 5.82. The number of amides is 1. The van der Waals surface area contributed by atoms with E-state index in [1.807, 2.05) is 41.0 Å². The van der Waals surface area contributed by atoms with Gasteiger partial charge in [0.05, 0.1) is 32.4 Å². The predicted molar refractivity (Wildman–Crippen MR) is 128 cm³/mol. The number of aromatic nitrogens is 5. The molecule has 0 radical (unpaired) electrons. The van der Waals surface area contributed by atoms with E-state index < -0.39 is 0 Å². The lowest BCUT2D eigenvalue weighted by molar-refractivity contribution is 0.0708. The van der Waals surface area contributed by atoms with Gasteiger partial charge in [-0.05, 0) is 35.4 Å². The lowest BCUT2D eigenvalue weighted by Crippen LogP contribution is -2.34. The zero-order chi connectivity index (χ0) is 24.0. The van der Waals surface area contributed by atoms with Crippen LogP contribution in [0.4, 0.5) is 5.69 Å². The molecular formula is C25H25N7O3. The quantitative estimate of drug-likeness (QED) is 0.357. The number of aliphatic hydroxyl groups excluding tert-OH is 1. The number of aliphatic hydroxyl groups is 1. The van der Waals surface area contributed by atoms with Crippen LogP contribution in [0.25, 0.3) is 11.5 Å². The number of hydrogen-bond acceptors (Lipinski definition) is 8. The number of carbonyl (C=O) groups is 1. The van der Waals surface area contributed by atoms with Crippen LogP contribution in [0.1, 0.15) is 33.4 Å². The zero-order valence-corrected chi connectivity index (χ0v) is 19.0. The Morgan fingerprint density at radius 3 is 2.91 bits per heavy atom. The van der Waals surface area contributed by atoms with Crippen LogP contribution < -0.4 is 10.6 Å². The topological polar surface area (TPSA) is 127 Å². The van der Waals surface area contributed by atoms with Gasteiger partial charge in [0.25, 0.3) is 5.91 Å². The molecule has 10 nitrogen and oxygen atoms in total. The van der Waals surface area contributed by atoms with Crippen molar-refractivity contribution < 1.29 is 14.6 Å². The third kappa shape index (κ3) is 5.03. The number of benzene rings is 2. The molecule has 2 aromatic carbocycles. The Labute approximate surface area is 202 Å². The van der Waals surface area contributed by atoms with Gasteiger partial charge in [-0.3, -0.25) is 4.79 Å². The van der Waals surface area contributed by atoms with Gasteiger partial charge in [-0.25, -0.2) is 9.97 Å². The van der Waals surface area contributed by atoms with Gasteiger partial charge in [0.2, 0.25) is 0 Å². The molecule has 1 aliphatic rings. The number of anilines is 1. The first-order valence-electron chi connectivity index (χ1n) is 11.3. The Hall–Kier alpha value is -4.15. The van der Waals surface area contributed by atoms with Gasteiger partial charge >= 0.3 is 0 Å². The SMILES string of the molecule is O=C(N[C@H]1COCc2ccccc21)c1cccc(NCc2nnc(-c3ccncn3)n2CCO)c1. The number of rotatable bonds is 8. The Morgan fingerprint density at radius 1 is 1.14 bits per heavy atom. The van der Waals surface area contributed by atoms with Crippen molar-refractivity contribution in [2.75, 3.05) is 18.5 Å². The summed E-state index contributed by atoms with van der Waals surface area (Å²) >= 11 is 0. The van der Waals surface area contributed by atoms with Crippen molar-refractivity contribution >= 4 is 11.6 Å². The van der Waals surface area contributed by atoms with E-state index in [1.165, 1.54) is 6.33 Å². The van der Waals surface area contributed by atoms with Crippen LogP contribution in [-0.4, -0.2) is 49.0 Å². The molecule has 1 atom stereocenters. The summed E-state index contributed by atoms with van der Waals surface area (Å²) in [5.74, 6) is 1.02. The van der Waals surface area contributed by atoms with Crippen LogP contribution >= 0.6 is 0 Å². The fraction of sp³-hybridized carbons (Fsp3) is 0.240. The Bertz CT molecular complexity index is 1310. The normalized spacial score (nSPS) is 14.8. The smallest absolute Gasteiger partial charge is 0.251 e. The van der Waals surface area contributed by atoms with Gasteiger partial charge in [-0.2, -0.15) is 0 Å². The van der Waals surface area contributed by atoms with E-state index in [1.54, 1.807) is 24.4 Å². The summed E-state index contributed by atoms with van der Waals surface area (Å²) in [4.78, 5) is 21.1. The lowest BCUT2D eigenvalue weighted by Gasteiger charge is -2.26. The van der Waals surface area contributed by atoms with Gasteiger partial charge in [-0.15, -0.1) is 10.2 Å². The minimum absolute atomic E-state index is 0.0627. The highest BCUT2D eigenvalue weighted by molar-refractivity contribution is 5.95. The van der Waals surface area contributed by atoms with Crippen LogP contribution in [0.5, 0.6) is 0 Å². The van der Waals surface area contributed by atoms with E-state index >= 15 is 0 Å². The molecule has 0 spiro atoms. The number of carbonyl (C=O) groups excluding carboxylic acids is 1. The first kappa shape index (κ1) is 22.6. The van der Waals surface area contributed by atoms with E-state index in [-0.39, 0.29) is 18.6 Å². The van der Waals surface area contributed by atoms with Gasteiger partial charge < -0.3 is 25.0 Å². The largest absolute Gasteiger partial charge is 0.395 e. The highest BCUT2D eigenvalue weighted by atomic mass is 16.5. The van der Waals surface area contributed by atoms with Crippen LogP contribution in [0.15, 0.2) is 67.1 Å². The highest BCUT2D eigenvalue weighted by Crippen LogP contribution is 2.25. The summed E-state index contributed by atoms with van der Waals surface area (Å²) in [6.07, 6.45) is 3.08. The molecule has 0 aliphatic carbocycles. The molecule has 3 N–H and O–H groups in total. The molecule has 0 fully saturated rings. The van der Waals surface area contributed by atoms with E-state index in [4.69, 9.17) is 4.74 Å². The summed E-state index contributed by atoms with van der Waals surface area (Å²) in [5.41, 5.74) is 4.10. The number of nitrogens with one attached hydrogen (secondary N) is 2. The molecule has 0 unspecified atom stereocenters. The fourth-order valence-electron chi connectivity index (χ4n) is 4.11. The van der Waals surface area contributed by atoms with Gasteiger partial charge in [-0.1, -0.05) is 30.3 Å². The second-order valence-electron chi connectivity index (χ2n) is 8.08. The minimum Gasteiger partial charge on any atom is -0.395 e. The van der Waals surface area contributed by atoms with Gasteiger partial charge in [0.1, 0.15) is 12.0 Å². The minimum atomic E-state index is -0.193. The molecular weight excluding hydrogens is 446 g/mol. The van der Waals surface area contributed by atoms with Crippen molar-refractivity contribution in [1.82, 2.24) is 30.0 Å². The predicted octanol–water partition coefficient (Wildman–Crippen LogP) is 2.34. The van der Waals surface area contributed by atoms with Crippen LogP contribution in [0.2, 0.25) is 0 Å². The molecule has 0 bridgehead atoms. The Balaban J connectivity index is 1.28. The van der Waals surface area contributed by atoms with Crippen molar-refractivity contribution in [3.05, 3.63) is 89.6 Å². The summed E-state index contributed by atoms with van der Waals surface area (Å²) in [5, 5.41) is 24.4. The summed E-state index contributed by atoms with van der Waals surface area (Å²) < 4.78 is 7.47. The maximum Gasteiger partial charge on any atom is 0.251 e. The molecule has 2 aromatic heterocycles. The highest BCUT2D eigenvalue weighted by Gasteiger charge is 2.22. The van der Waals surface area contributed by atoms with Gasteiger partial charge in [0.15, 0.2) is 11.6 Å². The standard InChI is InChI=1S/C25H25N7O3/c33-11-10-32-23(30-31-24(32)21-8-9-26-16-28-21)13-27-19-6-3-5-17(12-19)25(34)29-22-15-35-14-18-4-1-2-7-20(18)22/h1-9,12,16,22,27,33H,10-11,13-15H2,(H,29,34)/t22-/m0/s1. The number of fused-ring (bicyclic) bond motifs is 1. The van der Waals surface area contributed by atoms with E-state index in [0.29, 0.717) is 49.2 Å². The second-order valence-corrected chi connectivity index (χ2v) is 8.08. The van der Waals surface area contributed by atoms with Crippen LogP contribution in [-0.2, 0) is 24.4 Å². The first-order chi connectivity index (χ1) is 17.2. The van der Waals surface area contributed by atoms with Crippen LogP contribution in [0, 0.1) is 0 Å². The second kappa shape index (κ2) is 10.4. The Kier molecular flexibility index (Phi) is 6.73. The average Bonchev–Trinajstić information content (AvgIpc) is 3.31. The monoisotopic (exact) mass is 471 g/mol. The molecule has 178 valence electrons. The molecule has 3 heterocycles. The number of ether oxygens (including phenoxy) is 1. The van der Waals surface area contributed by atoms with Crippen molar-refractivity contribution in [1.29, 1.82) is 0 Å². The molecule has 35 heavy (non-hydrogen) atoms. The summed E-state index contributed by atoms with van der Waals surface area (Å²) in [7, 11) is 0. The Morgan fingerprint density at radius 2 is 2.06 bits per heavy atom. The zero-order valence-electron chi connectivity index (χ0n) is 19.0. The fourth-order valence-corrected chi connectivity index (χ4v) is 4.11. The van der Waals surface area contributed by atoms with Crippen molar-refractivity contribution in [3.63, 3.8) is 0 Å². The molecule has 4 aromatic rings. The molecule has 1 amide bonds. The van der Waals surface area contributed by atoms with E-state index in [0.717, 1.165) is 16.8 Å². The first-order valence-corrected chi connectivity index (χ1v) is 11.3. The molecule has 1 aliphatic heterocycles. The van der Waals surface area contributed by atoms with Crippen molar-refractivity contribution in [3.8, 4) is 11.5 Å². The molecule has 10 heteroatoms. The van der Waals surface area contributed by atoms with E-state index in [9.17, 15) is 9.90 Å². The average molecular weight is 472 g/mol. The van der Waals surface area contributed by atoms with Crippen LogP contribution in [0.3, 0.4) is 0 Å².